The minimum absolute atomic E-state index is 0.345. The molecule has 0 heterocycles. The van der Waals surface area contributed by atoms with Crippen LogP contribution in [0.15, 0.2) is 57.5 Å². The molecule has 0 aromatic heterocycles. The molecule has 3 heteroatoms. The first-order chi connectivity index (χ1) is 8.65. The second-order valence-electron chi connectivity index (χ2n) is 4.28. The van der Waals surface area contributed by atoms with Gasteiger partial charge in [0.25, 0.3) is 0 Å². The van der Waals surface area contributed by atoms with Crippen molar-refractivity contribution in [3.63, 3.8) is 0 Å². The third-order valence-corrected chi connectivity index (χ3v) is 3.89. The van der Waals surface area contributed by atoms with Gasteiger partial charge in [0, 0.05) is 21.5 Å². The molecule has 0 amide bonds. The van der Waals surface area contributed by atoms with Crippen LogP contribution in [0.5, 0.6) is 0 Å². The fourth-order valence-electron chi connectivity index (χ4n) is 1.79. The van der Waals surface area contributed by atoms with E-state index < -0.39 is 0 Å². The van der Waals surface area contributed by atoms with Crippen molar-refractivity contribution < 1.29 is 0 Å². The summed E-state index contributed by atoms with van der Waals surface area (Å²) in [6, 6.07) is 17.2. The molecule has 2 aromatic rings. The van der Waals surface area contributed by atoms with Crippen LogP contribution in [-0.2, 0) is 6.54 Å². The summed E-state index contributed by atoms with van der Waals surface area (Å²) >= 11 is 6.94. The maximum Gasteiger partial charge on any atom is 0.0294 e. The van der Waals surface area contributed by atoms with Crippen molar-refractivity contribution in [3.8, 4) is 0 Å². The Labute approximate surface area is 125 Å². The first-order valence-electron chi connectivity index (χ1n) is 5.88. The van der Waals surface area contributed by atoms with E-state index in [1.165, 1.54) is 11.1 Å². The van der Waals surface area contributed by atoms with E-state index in [1.54, 1.807) is 0 Å². The number of hydrogen-bond acceptors (Lipinski definition) is 1. The third kappa shape index (κ3) is 3.94. The van der Waals surface area contributed by atoms with E-state index in [9.17, 15) is 0 Å². The molecule has 1 atom stereocenters. The molecule has 0 radical (unpaired) electrons. The fraction of sp³-hybridized carbons (Fsp3) is 0.200. The first kappa shape index (κ1) is 13.8. The lowest BCUT2D eigenvalue weighted by molar-refractivity contribution is 0.574. The average molecular weight is 369 g/mol. The van der Waals surface area contributed by atoms with E-state index in [1.807, 2.05) is 6.07 Å². The Morgan fingerprint density at radius 1 is 1.00 bits per heavy atom. The molecule has 1 N–H and O–H groups in total. The number of rotatable bonds is 4. The van der Waals surface area contributed by atoms with Crippen LogP contribution < -0.4 is 5.32 Å². The largest absolute Gasteiger partial charge is 0.306 e. The van der Waals surface area contributed by atoms with E-state index in [4.69, 9.17) is 0 Å². The van der Waals surface area contributed by atoms with E-state index in [2.05, 4.69) is 86.6 Å². The minimum atomic E-state index is 0.345. The lowest BCUT2D eigenvalue weighted by Crippen LogP contribution is -2.17. The minimum Gasteiger partial charge on any atom is -0.306 e. The van der Waals surface area contributed by atoms with Crippen molar-refractivity contribution in [1.29, 1.82) is 0 Å². The van der Waals surface area contributed by atoms with Gasteiger partial charge < -0.3 is 5.32 Å². The van der Waals surface area contributed by atoms with Gasteiger partial charge in [-0.25, -0.2) is 0 Å². The van der Waals surface area contributed by atoms with Crippen molar-refractivity contribution in [2.24, 2.45) is 0 Å². The Kier molecular flexibility index (Phi) is 4.98. The highest BCUT2D eigenvalue weighted by atomic mass is 79.9. The van der Waals surface area contributed by atoms with Crippen molar-refractivity contribution >= 4 is 31.9 Å². The normalized spacial score (nSPS) is 12.4. The quantitative estimate of drug-likeness (QED) is 0.794. The van der Waals surface area contributed by atoms with Crippen LogP contribution in [0, 0.1) is 0 Å². The molecular weight excluding hydrogens is 354 g/mol. The standard InChI is InChI=1S/C15H15Br2N/c1-11(13-5-7-14(16)8-6-13)18-10-12-3-2-4-15(17)9-12/h2-9,11,18H,10H2,1H3/t11-/m1/s1. The summed E-state index contributed by atoms with van der Waals surface area (Å²) in [5, 5.41) is 3.53. The molecule has 0 bridgehead atoms. The predicted molar refractivity (Wildman–Crippen MR) is 83.5 cm³/mol. The van der Waals surface area contributed by atoms with Crippen molar-refractivity contribution in [3.05, 3.63) is 68.6 Å². The highest BCUT2D eigenvalue weighted by Crippen LogP contribution is 2.17. The fourth-order valence-corrected chi connectivity index (χ4v) is 2.50. The Morgan fingerprint density at radius 3 is 2.39 bits per heavy atom. The first-order valence-corrected chi connectivity index (χ1v) is 7.47. The number of nitrogens with one attached hydrogen (secondary N) is 1. The molecule has 0 aliphatic carbocycles. The SMILES string of the molecule is C[C@@H](NCc1cccc(Br)c1)c1ccc(Br)cc1. The summed E-state index contributed by atoms with van der Waals surface area (Å²) in [5.74, 6) is 0. The molecular formula is C15H15Br2N. The van der Waals surface area contributed by atoms with Crippen LogP contribution in [0.2, 0.25) is 0 Å². The summed E-state index contributed by atoms with van der Waals surface area (Å²) in [4.78, 5) is 0. The molecule has 0 aliphatic rings. The summed E-state index contributed by atoms with van der Waals surface area (Å²) < 4.78 is 2.24. The smallest absolute Gasteiger partial charge is 0.0294 e. The van der Waals surface area contributed by atoms with Gasteiger partial charge in [0.2, 0.25) is 0 Å². The Hall–Kier alpha value is -0.640. The lowest BCUT2D eigenvalue weighted by Gasteiger charge is -2.14. The Morgan fingerprint density at radius 2 is 1.72 bits per heavy atom. The van der Waals surface area contributed by atoms with Gasteiger partial charge in [0.05, 0.1) is 0 Å². The Balaban J connectivity index is 1.96. The van der Waals surface area contributed by atoms with E-state index in [0.717, 1.165) is 15.5 Å². The average Bonchev–Trinajstić information content (AvgIpc) is 2.37. The monoisotopic (exact) mass is 367 g/mol. The molecule has 1 nitrogen and oxygen atoms in total. The summed E-state index contributed by atoms with van der Waals surface area (Å²) in [7, 11) is 0. The van der Waals surface area contributed by atoms with Gasteiger partial charge in [0.1, 0.15) is 0 Å². The van der Waals surface area contributed by atoms with Crippen LogP contribution >= 0.6 is 31.9 Å². The topological polar surface area (TPSA) is 12.0 Å². The second kappa shape index (κ2) is 6.50. The molecule has 0 unspecified atom stereocenters. The zero-order chi connectivity index (χ0) is 13.0. The molecule has 94 valence electrons. The van der Waals surface area contributed by atoms with Crippen LogP contribution in [0.3, 0.4) is 0 Å². The van der Waals surface area contributed by atoms with Gasteiger partial charge in [-0.15, -0.1) is 0 Å². The van der Waals surface area contributed by atoms with Gasteiger partial charge in [-0.05, 0) is 42.3 Å². The van der Waals surface area contributed by atoms with Crippen LogP contribution in [0.25, 0.3) is 0 Å². The van der Waals surface area contributed by atoms with Crippen LogP contribution in [0.4, 0.5) is 0 Å². The van der Waals surface area contributed by atoms with Gasteiger partial charge in [-0.2, -0.15) is 0 Å². The van der Waals surface area contributed by atoms with E-state index in [-0.39, 0.29) is 0 Å². The second-order valence-corrected chi connectivity index (χ2v) is 6.12. The molecule has 2 aromatic carbocycles. The molecule has 0 fully saturated rings. The molecule has 0 saturated carbocycles. The Bertz CT molecular complexity index is 508. The number of hydrogen-bond donors (Lipinski definition) is 1. The maximum atomic E-state index is 3.53. The van der Waals surface area contributed by atoms with Gasteiger partial charge in [0.15, 0.2) is 0 Å². The summed E-state index contributed by atoms with van der Waals surface area (Å²) in [6.07, 6.45) is 0. The highest BCUT2D eigenvalue weighted by Gasteiger charge is 2.04. The zero-order valence-electron chi connectivity index (χ0n) is 10.2. The lowest BCUT2D eigenvalue weighted by atomic mass is 10.1. The maximum absolute atomic E-state index is 3.53. The molecule has 2 rings (SSSR count). The van der Waals surface area contributed by atoms with Gasteiger partial charge in [-0.1, -0.05) is 56.1 Å². The predicted octanol–water partition coefficient (Wildman–Crippen LogP) is 5.06. The zero-order valence-corrected chi connectivity index (χ0v) is 13.3. The van der Waals surface area contributed by atoms with Crippen molar-refractivity contribution in [2.45, 2.75) is 19.5 Å². The van der Waals surface area contributed by atoms with Crippen molar-refractivity contribution in [1.82, 2.24) is 5.32 Å². The highest BCUT2D eigenvalue weighted by molar-refractivity contribution is 9.10. The van der Waals surface area contributed by atoms with Crippen LogP contribution in [-0.4, -0.2) is 0 Å². The summed E-state index contributed by atoms with van der Waals surface area (Å²) in [5.41, 5.74) is 2.58. The third-order valence-electron chi connectivity index (χ3n) is 2.87. The number of halogens is 2. The van der Waals surface area contributed by atoms with Gasteiger partial charge in [-0.3, -0.25) is 0 Å². The van der Waals surface area contributed by atoms with Crippen molar-refractivity contribution in [2.75, 3.05) is 0 Å². The van der Waals surface area contributed by atoms with E-state index in [0.29, 0.717) is 6.04 Å². The van der Waals surface area contributed by atoms with Gasteiger partial charge >= 0.3 is 0 Å². The van der Waals surface area contributed by atoms with E-state index >= 15 is 0 Å². The molecule has 0 aliphatic heterocycles. The molecule has 0 saturated heterocycles. The molecule has 18 heavy (non-hydrogen) atoms. The van der Waals surface area contributed by atoms with Crippen LogP contribution in [0.1, 0.15) is 24.1 Å². The summed E-state index contributed by atoms with van der Waals surface area (Å²) in [6.45, 7) is 3.05. The molecule has 0 spiro atoms. The number of benzene rings is 2.